The number of nitrogen functional groups attached to an aromatic ring is 1. The van der Waals surface area contributed by atoms with Gasteiger partial charge in [-0.25, -0.2) is 0 Å². The minimum atomic E-state index is 0.117. The molecule has 0 amide bonds. The second-order valence-electron chi connectivity index (χ2n) is 4.26. The van der Waals surface area contributed by atoms with Crippen molar-refractivity contribution in [2.45, 2.75) is 26.2 Å². The zero-order valence-corrected chi connectivity index (χ0v) is 10.1. The molecule has 4 heteroatoms. The Morgan fingerprint density at radius 3 is 2.53 bits per heavy atom. The highest BCUT2D eigenvalue weighted by Crippen LogP contribution is 2.32. The molecule has 0 saturated heterocycles. The van der Waals surface area contributed by atoms with Gasteiger partial charge in [0.2, 0.25) is 5.89 Å². The lowest BCUT2D eigenvalue weighted by Crippen LogP contribution is -2.11. The summed E-state index contributed by atoms with van der Waals surface area (Å²) < 4.78 is 5.22. The second kappa shape index (κ2) is 4.99. The van der Waals surface area contributed by atoms with Gasteiger partial charge in [0.25, 0.3) is 5.95 Å². The van der Waals surface area contributed by atoms with E-state index in [1.165, 1.54) is 5.56 Å². The van der Waals surface area contributed by atoms with Crippen LogP contribution < -0.4 is 5.73 Å². The fourth-order valence-electron chi connectivity index (χ4n) is 1.98. The van der Waals surface area contributed by atoms with Crippen LogP contribution in [0.15, 0.2) is 34.9 Å². The minimum absolute atomic E-state index is 0.117. The maximum absolute atomic E-state index is 5.52. The van der Waals surface area contributed by atoms with Gasteiger partial charge in [-0.3, -0.25) is 0 Å². The highest BCUT2D eigenvalue weighted by Gasteiger charge is 2.25. The molecule has 0 aliphatic rings. The topological polar surface area (TPSA) is 64.9 Å². The van der Waals surface area contributed by atoms with Crippen molar-refractivity contribution in [1.29, 1.82) is 0 Å². The smallest absolute Gasteiger partial charge is 0.260 e. The number of hydrogen-bond acceptors (Lipinski definition) is 4. The van der Waals surface area contributed by atoms with Gasteiger partial charge >= 0.3 is 0 Å². The Morgan fingerprint density at radius 2 is 2.00 bits per heavy atom. The van der Waals surface area contributed by atoms with E-state index in [0.717, 1.165) is 6.42 Å². The summed E-state index contributed by atoms with van der Waals surface area (Å²) in [6.07, 6.45) is 1.04. The zero-order chi connectivity index (χ0) is 12.3. The number of nitrogens with two attached hydrogens (primary N) is 1. The normalized spacial score (nSPS) is 14.5. The maximum Gasteiger partial charge on any atom is 0.260 e. The summed E-state index contributed by atoms with van der Waals surface area (Å²) in [5, 5.41) is 3.67. The Hall–Kier alpha value is -1.84. The molecule has 1 heterocycles. The Balaban J connectivity index is 2.39. The lowest BCUT2D eigenvalue weighted by atomic mass is 9.85. The van der Waals surface area contributed by atoms with Gasteiger partial charge < -0.3 is 10.3 Å². The van der Waals surface area contributed by atoms with Crippen LogP contribution in [-0.4, -0.2) is 10.1 Å². The first-order chi connectivity index (χ1) is 8.22. The van der Waals surface area contributed by atoms with Gasteiger partial charge in [-0.1, -0.05) is 50.6 Å². The molecule has 4 nitrogen and oxygen atoms in total. The Bertz CT molecular complexity index is 467. The third kappa shape index (κ3) is 2.46. The number of hydrogen-bond donors (Lipinski definition) is 1. The second-order valence-corrected chi connectivity index (χ2v) is 4.26. The van der Waals surface area contributed by atoms with Crippen LogP contribution in [-0.2, 0) is 0 Å². The van der Waals surface area contributed by atoms with Crippen molar-refractivity contribution in [2.75, 3.05) is 5.73 Å². The van der Waals surface area contributed by atoms with Crippen molar-refractivity contribution in [1.82, 2.24) is 10.1 Å². The molecule has 2 aromatic rings. The molecule has 2 atom stereocenters. The van der Waals surface area contributed by atoms with Crippen LogP contribution in [0, 0.1) is 5.92 Å². The molecule has 0 saturated carbocycles. The molecular formula is C13H17N3O. The fourth-order valence-corrected chi connectivity index (χ4v) is 1.98. The quantitative estimate of drug-likeness (QED) is 0.878. The third-order valence-corrected chi connectivity index (χ3v) is 3.10. The summed E-state index contributed by atoms with van der Waals surface area (Å²) >= 11 is 0. The van der Waals surface area contributed by atoms with Crippen LogP contribution in [0.25, 0.3) is 0 Å². The van der Waals surface area contributed by atoms with Crippen LogP contribution in [0.5, 0.6) is 0 Å². The molecule has 0 bridgehead atoms. The number of anilines is 1. The van der Waals surface area contributed by atoms with Gasteiger partial charge in [0.1, 0.15) is 0 Å². The molecule has 1 aromatic heterocycles. The lowest BCUT2D eigenvalue weighted by Gasteiger charge is -2.19. The predicted octanol–water partition coefficient (Wildman–Crippen LogP) is 2.83. The number of aromatic nitrogens is 2. The molecule has 90 valence electrons. The van der Waals surface area contributed by atoms with Crippen LogP contribution in [0.4, 0.5) is 5.95 Å². The first-order valence-electron chi connectivity index (χ1n) is 5.86. The van der Waals surface area contributed by atoms with E-state index in [0.29, 0.717) is 11.8 Å². The molecule has 2 N–H and O–H groups in total. The van der Waals surface area contributed by atoms with Crippen molar-refractivity contribution < 1.29 is 4.52 Å². The lowest BCUT2D eigenvalue weighted by molar-refractivity contribution is 0.331. The molecule has 2 unspecified atom stereocenters. The molecular weight excluding hydrogens is 214 g/mol. The summed E-state index contributed by atoms with van der Waals surface area (Å²) in [5.74, 6) is 1.34. The standard InChI is InChI=1S/C13H17N3O/c1-3-9(2)11(10-7-5-4-6-8-10)12-15-13(14)16-17-12/h4-9,11H,3H2,1-2H3,(H2,14,16). The van der Waals surface area contributed by atoms with Crippen molar-refractivity contribution in [3.8, 4) is 0 Å². The predicted molar refractivity (Wildman–Crippen MR) is 66.5 cm³/mol. The fraction of sp³-hybridized carbons (Fsp3) is 0.385. The van der Waals surface area contributed by atoms with Gasteiger partial charge in [0, 0.05) is 0 Å². The van der Waals surface area contributed by atoms with E-state index in [4.69, 9.17) is 10.3 Å². The summed E-state index contributed by atoms with van der Waals surface area (Å²) in [6, 6.07) is 10.2. The highest BCUT2D eigenvalue weighted by molar-refractivity contribution is 5.26. The van der Waals surface area contributed by atoms with Gasteiger partial charge in [-0.2, -0.15) is 4.98 Å². The van der Waals surface area contributed by atoms with Crippen molar-refractivity contribution in [3.63, 3.8) is 0 Å². The molecule has 0 aliphatic carbocycles. The van der Waals surface area contributed by atoms with Gasteiger partial charge in [-0.05, 0) is 16.6 Å². The van der Waals surface area contributed by atoms with Crippen molar-refractivity contribution in [3.05, 3.63) is 41.8 Å². The average Bonchev–Trinajstić information content (AvgIpc) is 2.77. The van der Waals surface area contributed by atoms with E-state index in [-0.39, 0.29) is 11.9 Å². The van der Waals surface area contributed by atoms with E-state index in [2.05, 4.69) is 36.1 Å². The van der Waals surface area contributed by atoms with Gasteiger partial charge in [0.15, 0.2) is 0 Å². The molecule has 2 rings (SSSR count). The number of rotatable bonds is 4. The van der Waals surface area contributed by atoms with E-state index >= 15 is 0 Å². The van der Waals surface area contributed by atoms with E-state index < -0.39 is 0 Å². The monoisotopic (exact) mass is 231 g/mol. The summed E-state index contributed by atoms with van der Waals surface area (Å²) in [7, 11) is 0. The largest absolute Gasteiger partial charge is 0.365 e. The van der Waals surface area contributed by atoms with Gasteiger partial charge in [-0.15, -0.1) is 0 Å². The molecule has 17 heavy (non-hydrogen) atoms. The molecule has 1 aromatic carbocycles. The minimum Gasteiger partial charge on any atom is -0.365 e. The first-order valence-corrected chi connectivity index (χ1v) is 5.86. The number of nitrogens with zero attached hydrogens (tertiary/aromatic N) is 2. The summed E-state index contributed by atoms with van der Waals surface area (Å²) in [6.45, 7) is 4.33. The Kier molecular flexibility index (Phi) is 3.42. The van der Waals surface area contributed by atoms with Crippen LogP contribution >= 0.6 is 0 Å². The van der Waals surface area contributed by atoms with Crippen molar-refractivity contribution in [2.24, 2.45) is 5.92 Å². The highest BCUT2D eigenvalue weighted by atomic mass is 16.5. The maximum atomic E-state index is 5.52. The molecule has 0 spiro atoms. The molecule has 0 fully saturated rings. The van der Waals surface area contributed by atoms with Crippen LogP contribution in [0.3, 0.4) is 0 Å². The average molecular weight is 231 g/mol. The van der Waals surface area contributed by atoms with Crippen LogP contribution in [0.1, 0.15) is 37.6 Å². The molecule has 0 aliphatic heterocycles. The summed E-state index contributed by atoms with van der Waals surface area (Å²) in [5.41, 5.74) is 6.71. The van der Waals surface area contributed by atoms with Gasteiger partial charge in [0.05, 0.1) is 5.92 Å². The molecule has 0 radical (unpaired) electrons. The van der Waals surface area contributed by atoms with E-state index in [9.17, 15) is 0 Å². The third-order valence-electron chi connectivity index (χ3n) is 3.10. The van der Waals surface area contributed by atoms with E-state index in [1.54, 1.807) is 0 Å². The van der Waals surface area contributed by atoms with Crippen molar-refractivity contribution >= 4 is 5.95 Å². The SMILES string of the molecule is CCC(C)C(c1ccccc1)c1nc(N)no1. The number of benzene rings is 1. The first kappa shape index (κ1) is 11.6. The Morgan fingerprint density at radius 1 is 1.29 bits per heavy atom. The van der Waals surface area contributed by atoms with Crippen LogP contribution in [0.2, 0.25) is 0 Å². The summed E-state index contributed by atoms with van der Waals surface area (Å²) in [4.78, 5) is 4.16. The Labute approximate surface area is 101 Å². The zero-order valence-electron chi connectivity index (χ0n) is 10.1. The van der Waals surface area contributed by atoms with E-state index in [1.807, 2.05) is 18.2 Å².